The Morgan fingerprint density at radius 2 is 1.93 bits per heavy atom. The smallest absolute Gasteiger partial charge is 0.235 e. The third-order valence-corrected chi connectivity index (χ3v) is 7.79. The summed E-state index contributed by atoms with van der Waals surface area (Å²) in [6.45, 7) is 3.00. The van der Waals surface area contributed by atoms with Gasteiger partial charge in [0.1, 0.15) is 0 Å². The van der Waals surface area contributed by atoms with E-state index >= 15 is 0 Å². The maximum Gasteiger partial charge on any atom is 0.235 e. The Bertz CT molecular complexity index is 1100. The Labute approximate surface area is 165 Å². The van der Waals surface area contributed by atoms with Gasteiger partial charge in [0.15, 0.2) is 0 Å². The van der Waals surface area contributed by atoms with Crippen molar-refractivity contribution in [3.63, 3.8) is 0 Å². The van der Waals surface area contributed by atoms with E-state index in [-0.39, 0.29) is 5.25 Å². The van der Waals surface area contributed by atoms with Crippen molar-refractivity contribution in [1.29, 1.82) is 0 Å². The fourth-order valence-electron chi connectivity index (χ4n) is 4.23. The summed E-state index contributed by atoms with van der Waals surface area (Å²) in [7, 11) is -3.21. The Hall–Kier alpha value is -2.31. The Kier molecular flexibility index (Phi) is 4.40. The number of H-pyrrole nitrogens is 1. The molecule has 2 aliphatic rings. The maximum absolute atomic E-state index is 12.2. The van der Waals surface area contributed by atoms with E-state index in [1.807, 2.05) is 18.2 Å². The minimum absolute atomic E-state index is 0.200. The molecule has 3 aromatic rings. The van der Waals surface area contributed by atoms with Gasteiger partial charge in [0.25, 0.3) is 0 Å². The van der Waals surface area contributed by atoms with E-state index in [1.165, 1.54) is 22.0 Å². The molecule has 5 rings (SSSR count). The van der Waals surface area contributed by atoms with Gasteiger partial charge in [-0.2, -0.15) is 0 Å². The topological polar surface area (TPSA) is 65.2 Å². The number of likely N-dealkylation sites (tertiary alicyclic amines) is 1. The molecule has 0 bridgehead atoms. The number of benzene rings is 2. The molecule has 2 heterocycles. The fourth-order valence-corrected chi connectivity index (χ4v) is 5.61. The van der Waals surface area contributed by atoms with Crippen molar-refractivity contribution >= 4 is 26.6 Å². The average Bonchev–Trinajstić information content (AvgIpc) is 3.34. The van der Waals surface area contributed by atoms with E-state index in [1.54, 1.807) is 0 Å². The molecule has 28 heavy (non-hydrogen) atoms. The second kappa shape index (κ2) is 6.94. The minimum Gasteiger partial charge on any atom is -0.361 e. The molecule has 0 spiro atoms. The van der Waals surface area contributed by atoms with Crippen LogP contribution < -0.4 is 4.72 Å². The quantitative estimate of drug-likeness (QED) is 0.661. The number of aromatic amines is 1. The number of sulfonamides is 1. The maximum atomic E-state index is 12.2. The van der Waals surface area contributed by atoms with Crippen molar-refractivity contribution in [2.45, 2.75) is 37.0 Å². The predicted octanol–water partition coefficient (Wildman–Crippen LogP) is 4.06. The van der Waals surface area contributed by atoms with Gasteiger partial charge >= 0.3 is 0 Å². The van der Waals surface area contributed by atoms with Crippen molar-refractivity contribution in [3.8, 4) is 0 Å². The molecule has 2 aromatic carbocycles. The molecule has 2 fully saturated rings. The summed E-state index contributed by atoms with van der Waals surface area (Å²) in [6, 6.07) is 16.4. The number of hydrogen-bond donors (Lipinski definition) is 2. The summed E-state index contributed by atoms with van der Waals surface area (Å²) < 4.78 is 27.2. The second-order valence-electron chi connectivity index (χ2n) is 8.05. The van der Waals surface area contributed by atoms with Gasteiger partial charge in [0.2, 0.25) is 10.0 Å². The lowest BCUT2D eigenvalue weighted by Crippen LogP contribution is -2.19. The van der Waals surface area contributed by atoms with Gasteiger partial charge in [0.05, 0.1) is 5.25 Å². The Morgan fingerprint density at radius 3 is 2.79 bits per heavy atom. The highest BCUT2D eigenvalue weighted by atomic mass is 32.2. The third kappa shape index (κ3) is 3.54. The summed E-state index contributed by atoms with van der Waals surface area (Å²) >= 11 is 0. The molecule has 0 radical (unpaired) electrons. The number of rotatable bonds is 6. The molecule has 146 valence electrons. The number of fused-ring (bicyclic) bond motifs is 1. The zero-order valence-electron chi connectivity index (χ0n) is 15.8. The molecule has 6 heteroatoms. The number of aromatic nitrogens is 1. The number of nitrogens with zero attached hydrogens (tertiary/aromatic N) is 1. The second-order valence-corrected chi connectivity index (χ2v) is 10.0. The highest BCUT2D eigenvalue weighted by Crippen LogP contribution is 2.33. The third-order valence-electron chi connectivity index (χ3n) is 5.92. The summed E-state index contributed by atoms with van der Waals surface area (Å²) in [5.41, 5.74) is 4.43. The molecule has 1 saturated carbocycles. The van der Waals surface area contributed by atoms with Crippen LogP contribution in [0.1, 0.15) is 36.3 Å². The lowest BCUT2D eigenvalue weighted by atomic mass is 9.98. The summed E-state index contributed by atoms with van der Waals surface area (Å²) in [4.78, 5) is 5.84. The van der Waals surface area contributed by atoms with Crippen molar-refractivity contribution in [2.24, 2.45) is 0 Å². The molecule has 1 atom stereocenters. The number of anilines is 1. The molecule has 1 aromatic heterocycles. The van der Waals surface area contributed by atoms with Crippen LogP contribution in [0, 0.1) is 0 Å². The lowest BCUT2D eigenvalue weighted by molar-refractivity contribution is 0.328. The minimum atomic E-state index is -3.21. The lowest BCUT2D eigenvalue weighted by Gasteiger charge is -2.16. The molecule has 1 aliphatic heterocycles. The van der Waals surface area contributed by atoms with Crippen LogP contribution in [-0.2, 0) is 16.6 Å². The molecule has 5 nitrogen and oxygen atoms in total. The first-order valence-corrected chi connectivity index (χ1v) is 11.5. The van der Waals surface area contributed by atoms with Crippen LogP contribution >= 0.6 is 0 Å². The van der Waals surface area contributed by atoms with E-state index in [0.717, 1.165) is 38.9 Å². The Morgan fingerprint density at radius 1 is 1.07 bits per heavy atom. The Balaban J connectivity index is 1.27. The van der Waals surface area contributed by atoms with Crippen LogP contribution in [0.4, 0.5) is 5.69 Å². The SMILES string of the molecule is O=S(=O)(Nc1cccc(C2CCN(Cc3c[nH]c4ccccc34)C2)c1)C1CC1. The first kappa shape index (κ1) is 17.8. The van der Waals surface area contributed by atoms with Crippen LogP contribution in [0.5, 0.6) is 0 Å². The van der Waals surface area contributed by atoms with Gasteiger partial charge in [-0.15, -0.1) is 0 Å². The zero-order chi connectivity index (χ0) is 19.1. The van der Waals surface area contributed by atoms with Crippen LogP contribution in [-0.4, -0.2) is 36.6 Å². The predicted molar refractivity (Wildman–Crippen MR) is 113 cm³/mol. The number of hydrogen-bond acceptors (Lipinski definition) is 3. The summed E-state index contributed by atoms with van der Waals surface area (Å²) in [5.74, 6) is 0.440. The summed E-state index contributed by atoms with van der Waals surface area (Å²) in [5, 5.41) is 1.09. The van der Waals surface area contributed by atoms with E-state index in [9.17, 15) is 8.42 Å². The first-order chi connectivity index (χ1) is 13.6. The number of para-hydroxylation sites is 1. The van der Waals surface area contributed by atoms with Gasteiger partial charge in [-0.05, 0) is 61.1 Å². The van der Waals surface area contributed by atoms with E-state index < -0.39 is 10.0 Å². The fraction of sp³-hybridized carbons (Fsp3) is 0.364. The van der Waals surface area contributed by atoms with Gasteiger partial charge in [-0.3, -0.25) is 9.62 Å². The highest BCUT2D eigenvalue weighted by Gasteiger charge is 2.35. The van der Waals surface area contributed by atoms with Crippen molar-refractivity contribution in [2.75, 3.05) is 17.8 Å². The van der Waals surface area contributed by atoms with Crippen molar-refractivity contribution < 1.29 is 8.42 Å². The first-order valence-electron chi connectivity index (χ1n) is 9.97. The van der Waals surface area contributed by atoms with Crippen LogP contribution in [0.3, 0.4) is 0 Å². The van der Waals surface area contributed by atoms with Gasteiger partial charge in [-0.25, -0.2) is 8.42 Å². The molecular formula is C22H25N3O2S. The van der Waals surface area contributed by atoms with Crippen LogP contribution in [0.25, 0.3) is 10.9 Å². The van der Waals surface area contributed by atoms with Crippen LogP contribution in [0.15, 0.2) is 54.7 Å². The molecule has 0 amide bonds. The molecule has 2 N–H and O–H groups in total. The van der Waals surface area contributed by atoms with Gasteiger partial charge in [-0.1, -0.05) is 30.3 Å². The van der Waals surface area contributed by atoms with Crippen LogP contribution in [0.2, 0.25) is 0 Å². The highest BCUT2D eigenvalue weighted by molar-refractivity contribution is 7.93. The van der Waals surface area contributed by atoms with Crippen molar-refractivity contribution in [3.05, 3.63) is 65.9 Å². The van der Waals surface area contributed by atoms with E-state index in [0.29, 0.717) is 11.6 Å². The molecule has 1 saturated heterocycles. The molecular weight excluding hydrogens is 370 g/mol. The van der Waals surface area contributed by atoms with Gasteiger partial charge < -0.3 is 4.98 Å². The standard InChI is InChI=1S/C22H25N3O2S/c26-28(27,20-8-9-20)24-19-5-3-4-16(12-19)17-10-11-25(14-17)15-18-13-23-22-7-2-1-6-21(18)22/h1-7,12-13,17,20,23-24H,8-11,14-15H2. The average molecular weight is 396 g/mol. The molecule has 1 aliphatic carbocycles. The van der Waals surface area contributed by atoms with E-state index in [2.05, 4.69) is 51.1 Å². The molecule has 1 unspecified atom stereocenters. The largest absolute Gasteiger partial charge is 0.361 e. The summed E-state index contributed by atoms with van der Waals surface area (Å²) in [6.07, 6.45) is 4.77. The number of nitrogens with one attached hydrogen (secondary N) is 2. The normalized spacial score (nSPS) is 20.6. The van der Waals surface area contributed by atoms with E-state index in [4.69, 9.17) is 0 Å². The van der Waals surface area contributed by atoms with Crippen molar-refractivity contribution in [1.82, 2.24) is 9.88 Å². The zero-order valence-corrected chi connectivity index (χ0v) is 16.6. The monoisotopic (exact) mass is 395 g/mol. The van der Waals surface area contributed by atoms with Gasteiger partial charge in [0, 0.05) is 35.9 Å².